The molecule has 134 valence electrons. The lowest BCUT2D eigenvalue weighted by atomic mass is 10.1. The van der Waals surface area contributed by atoms with Crippen LogP contribution in [0.4, 0.5) is 9.93 Å². The van der Waals surface area contributed by atoms with Crippen LogP contribution < -0.4 is 5.32 Å². The second kappa shape index (κ2) is 6.38. The molecule has 0 aliphatic heterocycles. The van der Waals surface area contributed by atoms with Crippen LogP contribution in [-0.2, 0) is 0 Å². The van der Waals surface area contributed by atoms with Crippen LogP contribution in [0.2, 0.25) is 0 Å². The number of carboxylic acid groups (broad SMARTS) is 1. The highest BCUT2D eigenvalue weighted by Gasteiger charge is 2.49. The minimum Gasteiger partial charge on any atom is -0.465 e. The molecule has 0 bridgehead atoms. The zero-order valence-electron chi connectivity index (χ0n) is 14.4. The first-order valence-corrected chi connectivity index (χ1v) is 9.58. The maximum Gasteiger partial charge on any atom is 0.408 e. The number of amides is 2. The Morgan fingerprint density at radius 1 is 1.36 bits per heavy atom. The van der Waals surface area contributed by atoms with Gasteiger partial charge in [-0.25, -0.2) is 4.79 Å². The fourth-order valence-electron chi connectivity index (χ4n) is 2.88. The van der Waals surface area contributed by atoms with Gasteiger partial charge in [-0.15, -0.1) is 21.5 Å². The van der Waals surface area contributed by atoms with Crippen LogP contribution in [-0.4, -0.2) is 43.8 Å². The highest BCUT2D eigenvalue weighted by molar-refractivity contribution is 7.15. The molecule has 7 nitrogen and oxygen atoms in total. The summed E-state index contributed by atoms with van der Waals surface area (Å²) in [6, 6.07) is 1.82. The van der Waals surface area contributed by atoms with Gasteiger partial charge in [0.15, 0.2) is 0 Å². The molecule has 1 fully saturated rings. The van der Waals surface area contributed by atoms with E-state index in [1.165, 1.54) is 27.6 Å². The van der Waals surface area contributed by atoms with Crippen LogP contribution in [0.3, 0.4) is 0 Å². The number of nitrogens with zero attached hydrogens (tertiary/aromatic N) is 3. The molecular formula is C16H20N4O3S2. The number of carbonyl (C=O) groups is 2. The molecule has 2 N–H and O–H groups in total. The molecule has 9 heteroatoms. The van der Waals surface area contributed by atoms with Crippen molar-refractivity contribution in [2.45, 2.75) is 51.6 Å². The van der Waals surface area contributed by atoms with E-state index in [0.717, 1.165) is 16.3 Å². The molecule has 0 saturated heterocycles. The summed E-state index contributed by atoms with van der Waals surface area (Å²) < 4.78 is 0. The molecule has 3 rings (SSSR count). The fourth-order valence-corrected chi connectivity index (χ4v) is 4.53. The van der Waals surface area contributed by atoms with Gasteiger partial charge in [0.25, 0.3) is 5.91 Å². The normalized spacial score (nSPS) is 19.5. The maximum atomic E-state index is 12.3. The molecule has 25 heavy (non-hydrogen) atoms. The number of aryl methyl sites for hydroxylation is 1. The second-order valence-corrected chi connectivity index (χ2v) is 9.18. The molecule has 1 saturated carbocycles. The number of hydrogen-bond acceptors (Lipinski definition) is 6. The number of thiophene rings is 1. The summed E-state index contributed by atoms with van der Waals surface area (Å²) in [7, 11) is 0. The van der Waals surface area contributed by atoms with E-state index in [1.54, 1.807) is 5.38 Å². The zero-order chi connectivity index (χ0) is 18.4. The summed E-state index contributed by atoms with van der Waals surface area (Å²) in [5, 5.41) is 23.1. The van der Waals surface area contributed by atoms with E-state index in [9.17, 15) is 14.7 Å². The van der Waals surface area contributed by atoms with Gasteiger partial charge >= 0.3 is 6.09 Å². The molecule has 0 spiro atoms. The van der Waals surface area contributed by atoms with Crippen LogP contribution >= 0.6 is 22.7 Å². The molecule has 2 aromatic rings. The maximum absolute atomic E-state index is 12.3. The number of aromatic nitrogens is 2. The van der Waals surface area contributed by atoms with Crippen molar-refractivity contribution < 1.29 is 14.7 Å². The first-order valence-electron chi connectivity index (χ1n) is 7.89. The van der Waals surface area contributed by atoms with E-state index in [4.69, 9.17) is 0 Å². The Hall–Kier alpha value is -2.00. The Bertz CT molecular complexity index is 808. The third-order valence-corrected chi connectivity index (χ3v) is 5.83. The van der Waals surface area contributed by atoms with Crippen molar-refractivity contribution in [2.24, 2.45) is 0 Å². The number of rotatable bonds is 4. The molecule has 2 unspecified atom stereocenters. The number of carbonyl (C=O) groups excluding carboxylic acids is 1. The van der Waals surface area contributed by atoms with E-state index >= 15 is 0 Å². The zero-order valence-corrected chi connectivity index (χ0v) is 16.1. The Balaban J connectivity index is 1.68. The topological polar surface area (TPSA) is 95.4 Å². The Morgan fingerprint density at radius 2 is 2.08 bits per heavy atom. The van der Waals surface area contributed by atoms with Crippen LogP contribution in [0.5, 0.6) is 0 Å². The van der Waals surface area contributed by atoms with Crippen LogP contribution in [0.15, 0.2) is 11.4 Å². The monoisotopic (exact) mass is 380 g/mol. The summed E-state index contributed by atoms with van der Waals surface area (Å²) in [5.41, 5.74) is 0.120. The number of nitrogens with one attached hydrogen (secondary N) is 1. The lowest BCUT2D eigenvalue weighted by molar-refractivity contribution is 0.0939. The molecule has 2 heterocycles. The molecule has 0 aromatic carbocycles. The molecule has 2 atom stereocenters. The minimum absolute atomic E-state index is 0.0297. The average Bonchev–Trinajstić information content (AvgIpc) is 2.92. The highest BCUT2D eigenvalue weighted by atomic mass is 32.1. The Morgan fingerprint density at radius 3 is 2.64 bits per heavy atom. The number of hydrogen-bond donors (Lipinski definition) is 2. The largest absolute Gasteiger partial charge is 0.465 e. The van der Waals surface area contributed by atoms with E-state index in [2.05, 4.69) is 15.5 Å². The lowest BCUT2D eigenvalue weighted by Crippen LogP contribution is -2.46. The standard InChI is InChI=1S/C16H20N4O3S2/c1-8-18-19-14(25-8)17-13(21)9-5-12(24-7-9)10-6-11(10)20(15(22)23)16(2,3)4/h5,7,10-11H,6H2,1-4H3,(H,22,23)(H,17,19,21). The van der Waals surface area contributed by atoms with Gasteiger partial charge in [0, 0.05) is 27.8 Å². The molecule has 1 aliphatic carbocycles. The fraction of sp³-hybridized carbons (Fsp3) is 0.500. The van der Waals surface area contributed by atoms with Crippen LogP contribution in [0.1, 0.15) is 53.4 Å². The Kier molecular flexibility index (Phi) is 4.54. The van der Waals surface area contributed by atoms with Gasteiger partial charge in [0.1, 0.15) is 5.01 Å². The van der Waals surface area contributed by atoms with E-state index in [-0.39, 0.29) is 17.9 Å². The van der Waals surface area contributed by atoms with Gasteiger partial charge in [-0.1, -0.05) is 11.3 Å². The van der Waals surface area contributed by atoms with Crippen LogP contribution in [0.25, 0.3) is 0 Å². The number of anilines is 1. The van der Waals surface area contributed by atoms with Gasteiger partial charge < -0.3 is 5.11 Å². The van der Waals surface area contributed by atoms with Crippen molar-refractivity contribution in [3.8, 4) is 0 Å². The summed E-state index contributed by atoms with van der Waals surface area (Å²) in [4.78, 5) is 26.4. The second-order valence-electron chi connectivity index (χ2n) is 7.05. The van der Waals surface area contributed by atoms with Gasteiger partial charge in [-0.3, -0.25) is 15.0 Å². The van der Waals surface area contributed by atoms with Crippen molar-refractivity contribution in [2.75, 3.05) is 5.32 Å². The lowest BCUT2D eigenvalue weighted by Gasteiger charge is -2.33. The summed E-state index contributed by atoms with van der Waals surface area (Å²) in [6.07, 6.45) is -0.109. The first kappa shape index (κ1) is 17.8. The van der Waals surface area contributed by atoms with Crippen molar-refractivity contribution in [1.29, 1.82) is 0 Å². The predicted octanol–water partition coefficient (Wildman–Crippen LogP) is 3.79. The summed E-state index contributed by atoms with van der Waals surface area (Å²) >= 11 is 2.82. The Labute approximate surface area is 153 Å². The first-order chi connectivity index (χ1) is 11.7. The van der Waals surface area contributed by atoms with Gasteiger partial charge in [0.2, 0.25) is 5.13 Å². The van der Waals surface area contributed by atoms with Crippen molar-refractivity contribution in [3.63, 3.8) is 0 Å². The molecule has 1 aliphatic rings. The molecule has 2 aromatic heterocycles. The van der Waals surface area contributed by atoms with Crippen molar-refractivity contribution in [3.05, 3.63) is 26.9 Å². The highest BCUT2D eigenvalue weighted by Crippen LogP contribution is 2.49. The summed E-state index contributed by atoms with van der Waals surface area (Å²) in [5.74, 6) is -0.0626. The third-order valence-electron chi connectivity index (χ3n) is 4.01. The molecule has 0 radical (unpaired) electrons. The minimum atomic E-state index is -0.902. The van der Waals surface area contributed by atoms with Crippen molar-refractivity contribution in [1.82, 2.24) is 15.1 Å². The summed E-state index contributed by atoms with van der Waals surface area (Å²) in [6.45, 7) is 7.52. The van der Waals surface area contributed by atoms with Crippen molar-refractivity contribution >= 4 is 39.8 Å². The quantitative estimate of drug-likeness (QED) is 0.841. The van der Waals surface area contributed by atoms with E-state index in [1.807, 2.05) is 33.8 Å². The smallest absolute Gasteiger partial charge is 0.408 e. The average molecular weight is 380 g/mol. The van der Waals surface area contributed by atoms with Crippen LogP contribution in [0, 0.1) is 6.92 Å². The third kappa shape index (κ3) is 3.82. The van der Waals surface area contributed by atoms with Gasteiger partial charge in [0.05, 0.1) is 5.56 Å². The van der Waals surface area contributed by atoms with E-state index < -0.39 is 11.6 Å². The van der Waals surface area contributed by atoms with Gasteiger partial charge in [-0.05, 0) is 40.2 Å². The van der Waals surface area contributed by atoms with Gasteiger partial charge in [-0.2, -0.15) is 0 Å². The molecule has 2 amide bonds. The van der Waals surface area contributed by atoms with E-state index in [0.29, 0.717) is 10.7 Å². The predicted molar refractivity (Wildman–Crippen MR) is 97.7 cm³/mol. The SMILES string of the molecule is Cc1nnc(NC(=O)c2csc(C3CC3N(C(=O)O)C(C)(C)C)c2)s1. The molecular weight excluding hydrogens is 360 g/mol.